The van der Waals surface area contributed by atoms with Gasteiger partial charge in [0.05, 0.1) is 12.8 Å². The Bertz CT molecular complexity index is 647. The Balaban J connectivity index is 2.09. The molecule has 0 saturated carbocycles. The van der Waals surface area contributed by atoms with Gasteiger partial charge in [-0.3, -0.25) is 9.78 Å². The van der Waals surface area contributed by atoms with Crippen molar-refractivity contribution in [3.8, 4) is 11.8 Å². The van der Waals surface area contributed by atoms with Crippen molar-refractivity contribution >= 4 is 11.7 Å². The number of aliphatic hydroxyl groups excluding tert-OH is 1. The quantitative estimate of drug-likeness (QED) is 0.806. The van der Waals surface area contributed by atoms with Crippen LogP contribution in [0.5, 0.6) is 0 Å². The van der Waals surface area contributed by atoms with Crippen LogP contribution in [-0.4, -0.2) is 32.6 Å². The Hall–Kier alpha value is -2.78. The number of rotatable bonds is 3. The smallest absolute Gasteiger partial charge is 0.277 e. The number of amides is 1. The number of hydrogen-bond donors (Lipinski definition) is 2. The van der Waals surface area contributed by atoms with Gasteiger partial charge in [-0.1, -0.05) is 12.0 Å². The van der Waals surface area contributed by atoms with Gasteiger partial charge in [0.2, 0.25) is 0 Å². The van der Waals surface area contributed by atoms with E-state index in [9.17, 15) is 4.79 Å². The molecule has 0 aliphatic carbocycles. The van der Waals surface area contributed by atoms with Crippen molar-refractivity contribution in [3.63, 3.8) is 0 Å². The van der Waals surface area contributed by atoms with Crippen molar-refractivity contribution in [2.24, 2.45) is 0 Å². The van der Waals surface area contributed by atoms with Gasteiger partial charge in [0.25, 0.3) is 5.91 Å². The SMILES string of the molecule is O=C(Nc1cccc(C#CCCO)n1)c1cnccn1. The zero-order valence-electron chi connectivity index (χ0n) is 10.6. The van der Waals surface area contributed by atoms with E-state index in [2.05, 4.69) is 32.1 Å². The molecule has 0 bridgehead atoms. The monoisotopic (exact) mass is 268 g/mol. The second-order valence-electron chi connectivity index (χ2n) is 3.73. The lowest BCUT2D eigenvalue weighted by Gasteiger charge is -2.03. The van der Waals surface area contributed by atoms with Crippen LogP contribution in [0, 0.1) is 11.8 Å². The Labute approximate surface area is 115 Å². The number of pyridine rings is 1. The van der Waals surface area contributed by atoms with Crippen LogP contribution in [0.25, 0.3) is 0 Å². The van der Waals surface area contributed by atoms with Crippen molar-refractivity contribution in [1.82, 2.24) is 15.0 Å². The first-order valence-electron chi connectivity index (χ1n) is 5.94. The van der Waals surface area contributed by atoms with Gasteiger partial charge in [-0.2, -0.15) is 0 Å². The van der Waals surface area contributed by atoms with Crippen molar-refractivity contribution in [1.29, 1.82) is 0 Å². The molecular formula is C14H12N4O2. The molecule has 6 heteroatoms. The molecule has 20 heavy (non-hydrogen) atoms. The van der Waals surface area contributed by atoms with E-state index in [1.807, 2.05) is 0 Å². The predicted molar refractivity (Wildman–Crippen MR) is 72.8 cm³/mol. The molecule has 2 rings (SSSR count). The van der Waals surface area contributed by atoms with E-state index in [4.69, 9.17) is 5.11 Å². The zero-order chi connectivity index (χ0) is 14.2. The minimum Gasteiger partial charge on any atom is -0.395 e. The summed E-state index contributed by atoms with van der Waals surface area (Å²) >= 11 is 0. The fourth-order valence-corrected chi connectivity index (χ4v) is 1.38. The molecule has 100 valence electrons. The lowest BCUT2D eigenvalue weighted by molar-refractivity contribution is 0.102. The molecule has 6 nitrogen and oxygen atoms in total. The fourth-order valence-electron chi connectivity index (χ4n) is 1.38. The third-order valence-corrected chi connectivity index (χ3v) is 2.24. The van der Waals surface area contributed by atoms with Crippen LogP contribution in [0.3, 0.4) is 0 Å². The summed E-state index contributed by atoms with van der Waals surface area (Å²) in [4.78, 5) is 23.8. The van der Waals surface area contributed by atoms with E-state index in [1.54, 1.807) is 18.2 Å². The van der Waals surface area contributed by atoms with E-state index < -0.39 is 0 Å². The Morgan fingerprint density at radius 2 is 2.25 bits per heavy atom. The molecule has 0 spiro atoms. The maximum atomic E-state index is 11.9. The molecule has 0 radical (unpaired) electrons. The number of aromatic nitrogens is 3. The number of nitrogens with one attached hydrogen (secondary N) is 1. The molecule has 0 aliphatic rings. The topological polar surface area (TPSA) is 88.0 Å². The molecule has 1 amide bonds. The van der Waals surface area contributed by atoms with Crippen LogP contribution in [0.2, 0.25) is 0 Å². The molecule has 0 unspecified atom stereocenters. The number of carbonyl (C=O) groups is 1. The lowest BCUT2D eigenvalue weighted by Crippen LogP contribution is -2.14. The summed E-state index contributed by atoms with van der Waals surface area (Å²) in [5.41, 5.74) is 0.737. The van der Waals surface area contributed by atoms with Gasteiger partial charge in [0.1, 0.15) is 17.2 Å². The fraction of sp³-hybridized carbons (Fsp3) is 0.143. The van der Waals surface area contributed by atoms with Crippen LogP contribution < -0.4 is 5.32 Å². The standard InChI is InChI=1S/C14H12N4O2/c19-9-2-1-4-11-5-3-6-13(17-11)18-14(20)12-10-15-7-8-16-12/h3,5-8,10,19H,2,9H2,(H,17,18,20). The first kappa shape index (κ1) is 13.6. The molecule has 2 heterocycles. The zero-order valence-corrected chi connectivity index (χ0v) is 10.6. The highest BCUT2D eigenvalue weighted by molar-refractivity contribution is 6.02. The summed E-state index contributed by atoms with van der Waals surface area (Å²) < 4.78 is 0. The average Bonchev–Trinajstić information content (AvgIpc) is 2.49. The lowest BCUT2D eigenvalue weighted by atomic mass is 10.3. The van der Waals surface area contributed by atoms with Gasteiger partial charge in [0.15, 0.2) is 0 Å². The first-order valence-corrected chi connectivity index (χ1v) is 5.94. The van der Waals surface area contributed by atoms with Gasteiger partial charge in [0, 0.05) is 18.8 Å². The largest absolute Gasteiger partial charge is 0.395 e. The van der Waals surface area contributed by atoms with Crippen molar-refractivity contribution in [2.75, 3.05) is 11.9 Å². The van der Waals surface area contributed by atoms with Crippen LogP contribution in [-0.2, 0) is 0 Å². The second kappa shape index (κ2) is 6.97. The molecular weight excluding hydrogens is 256 g/mol. The molecule has 0 aromatic carbocycles. The average molecular weight is 268 g/mol. The van der Waals surface area contributed by atoms with Crippen LogP contribution >= 0.6 is 0 Å². The van der Waals surface area contributed by atoms with Gasteiger partial charge < -0.3 is 10.4 Å². The summed E-state index contributed by atoms with van der Waals surface area (Å²) in [5, 5.41) is 11.3. The van der Waals surface area contributed by atoms with E-state index in [0.29, 0.717) is 17.9 Å². The summed E-state index contributed by atoms with van der Waals surface area (Å²) in [6.07, 6.45) is 4.70. The van der Waals surface area contributed by atoms with Crippen molar-refractivity contribution in [2.45, 2.75) is 6.42 Å². The third-order valence-electron chi connectivity index (χ3n) is 2.24. The summed E-state index contributed by atoms with van der Waals surface area (Å²) in [6.45, 7) is 0.0100. The Morgan fingerprint density at radius 3 is 3.00 bits per heavy atom. The normalized spacial score (nSPS) is 9.45. The van der Waals surface area contributed by atoms with E-state index in [-0.39, 0.29) is 18.2 Å². The predicted octanol–water partition coefficient (Wildman–Crippen LogP) is 0.858. The Kier molecular flexibility index (Phi) is 4.76. The van der Waals surface area contributed by atoms with Gasteiger partial charge in [-0.25, -0.2) is 9.97 Å². The number of aliphatic hydroxyl groups is 1. The van der Waals surface area contributed by atoms with Crippen molar-refractivity contribution < 1.29 is 9.90 Å². The second-order valence-corrected chi connectivity index (χ2v) is 3.73. The summed E-state index contributed by atoms with van der Waals surface area (Å²) in [7, 11) is 0. The van der Waals surface area contributed by atoms with Crippen molar-refractivity contribution in [3.05, 3.63) is 48.2 Å². The number of anilines is 1. The maximum absolute atomic E-state index is 11.9. The molecule has 2 N–H and O–H groups in total. The van der Waals surface area contributed by atoms with E-state index in [1.165, 1.54) is 18.6 Å². The van der Waals surface area contributed by atoms with Gasteiger partial charge >= 0.3 is 0 Å². The number of nitrogens with zero attached hydrogens (tertiary/aromatic N) is 3. The van der Waals surface area contributed by atoms with Gasteiger partial charge in [-0.15, -0.1) is 0 Å². The molecule has 2 aromatic heterocycles. The highest BCUT2D eigenvalue weighted by Crippen LogP contribution is 2.05. The summed E-state index contributed by atoms with van der Waals surface area (Å²) in [5.74, 6) is 5.57. The van der Waals surface area contributed by atoms with Crippen LogP contribution in [0.4, 0.5) is 5.82 Å². The molecule has 0 saturated heterocycles. The molecule has 0 atom stereocenters. The minimum atomic E-state index is -0.383. The van der Waals surface area contributed by atoms with Crippen LogP contribution in [0.1, 0.15) is 22.6 Å². The molecule has 2 aromatic rings. The van der Waals surface area contributed by atoms with Gasteiger partial charge in [-0.05, 0) is 18.1 Å². The van der Waals surface area contributed by atoms with Crippen LogP contribution in [0.15, 0.2) is 36.8 Å². The number of carbonyl (C=O) groups excluding carboxylic acids is 1. The Morgan fingerprint density at radius 1 is 1.35 bits per heavy atom. The molecule has 0 aliphatic heterocycles. The third kappa shape index (κ3) is 3.86. The van der Waals surface area contributed by atoms with E-state index in [0.717, 1.165) is 0 Å². The highest BCUT2D eigenvalue weighted by Gasteiger charge is 2.07. The van der Waals surface area contributed by atoms with E-state index >= 15 is 0 Å². The maximum Gasteiger partial charge on any atom is 0.277 e. The summed E-state index contributed by atoms with van der Waals surface area (Å²) in [6, 6.07) is 5.12. The molecule has 0 fully saturated rings. The highest BCUT2D eigenvalue weighted by atomic mass is 16.2. The minimum absolute atomic E-state index is 0.0100. The number of hydrogen-bond acceptors (Lipinski definition) is 5. The first-order chi connectivity index (χ1) is 9.79.